The van der Waals surface area contributed by atoms with Crippen molar-refractivity contribution >= 4 is 5.91 Å². The van der Waals surface area contributed by atoms with Crippen molar-refractivity contribution in [2.75, 3.05) is 0 Å². The molecule has 0 saturated carbocycles. The number of hydrogen-bond acceptors (Lipinski definition) is 3. The maximum Gasteiger partial charge on any atom is 0.251 e. The van der Waals surface area contributed by atoms with Crippen LogP contribution in [0.4, 0.5) is 0 Å². The second-order valence-electron chi connectivity index (χ2n) is 4.99. The van der Waals surface area contributed by atoms with Crippen LogP contribution in [0.3, 0.4) is 0 Å². The normalized spacial score (nSPS) is 11.9. The van der Waals surface area contributed by atoms with Crippen LogP contribution in [0.1, 0.15) is 28.9 Å². The lowest BCUT2D eigenvalue weighted by molar-refractivity contribution is 0.0940. The third-order valence-electron chi connectivity index (χ3n) is 3.46. The molecule has 0 saturated heterocycles. The molecule has 5 heteroatoms. The fourth-order valence-corrected chi connectivity index (χ4v) is 2.21. The standard InChI is InChI=1S/C17H16N4O/c1-13(14-5-3-2-4-6-14)20-17(22)15-7-9-16(10-8-15)21-12-18-11-19-21/h2-13H,1H3,(H,20,22)/t13-/m1/s1. The summed E-state index contributed by atoms with van der Waals surface area (Å²) in [5.41, 5.74) is 2.56. The second-order valence-corrected chi connectivity index (χ2v) is 4.99. The number of amides is 1. The molecule has 3 aromatic rings. The highest BCUT2D eigenvalue weighted by Gasteiger charge is 2.11. The van der Waals surface area contributed by atoms with Crippen molar-refractivity contribution in [3.8, 4) is 5.69 Å². The number of rotatable bonds is 4. The summed E-state index contributed by atoms with van der Waals surface area (Å²) in [5, 5.41) is 7.05. The van der Waals surface area contributed by atoms with Crippen LogP contribution in [-0.4, -0.2) is 20.7 Å². The van der Waals surface area contributed by atoms with Gasteiger partial charge in [-0.15, -0.1) is 0 Å². The van der Waals surface area contributed by atoms with Crippen LogP contribution >= 0.6 is 0 Å². The molecule has 3 rings (SSSR count). The van der Waals surface area contributed by atoms with Crippen molar-refractivity contribution in [1.82, 2.24) is 20.1 Å². The third kappa shape index (κ3) is 3.03. The summed E-state index contributed by atoms with van der Waals surface area (Å²) >= 11 is 0. The molecule has 0 radical (unpaired) electrons. The smallest absolute Gasteiger partial charge is 0.251 e. The number of benzene rings is 2. The van der Waals surface area contributed by atoms with Gasteiger partial charge in [-0.05, 0) is 36.8 Å². The van der Waals surface area contributed by atoms with Gasteiger partial charge in [0.25, 0.3) is 5.91 Å². The van der Waals surface area contributed by atoms with E-state index in [0.29, 0.717) is 5.56 Å². The molecule has 0 bridgehead atoms. The number of nitrogens with one attached hydrogen (secondary N) is 1. The second kappa shape index (κ2) is 6.22. The van der Waals surface area contributed by atoms with Crippen LogP contribution in [0.5, 0.6) is 0 Å². The molecule has 0 aliphatic carbocycles. The van der Waals surface area contributed by atoms with Crippen molar-refractivity contribution in [3.63, 3.8) is 0 Å². The number of carbonyl (C=O) groups is 1. The quantitative estimate of drug-likeness (QED) is 0.804. The van der Waals surface area contributed by atoms with Gasteiger partial charge in [0.2, 0.25) is 0 Å². The van der Waals surface area contributed by atoms with Gasteiger partial charge < -0.3 is 5.32 Å². The van der Waals surface area contributed by atoms with Crippen molar-refractivity contribution < 1.29 is 4.79 Å². The zero-order valence-electron chi connectivity index (χ0n) is 12.2. The van der Waals surface area contributed by atoms with E-state index in [1.54, 1.807) is 23.1 Å². The van der Waals surface area contributed by atoms with Crippen LogP contribution in [0.2, 0.25) is 0 Å². The molecule has 1 amide bonds. The van der Waals surface area contributed by atoms with Crippen LogP contribution < -0.4 is 5.32 Å². The van der Waals surface area contributed by atoms with Crippen LogP contribution in [-0.2, 0) is 0 Å². The van der Waals surface area contributed by atoms with Crippen molar-refractivity contribution in [3.05, 3.63) is 78.4 Å². The molecule has 0 aliphatic heterocycles. The third-order valence-corrected chi connectivity index (χ3v) is 3.46. The highest BCUT2D eigenvalue weighted by molar-refractivity contribution is 5.94. The number of carbonyl (C=O) groups excluding carboxylic acids is 1. The molecular weight excluding hydrogens is 276 g/mol. The van der Waals surface area contributed by atoms with Crippen LogP contribution in [0.15, 0.2) is 67.3 Å². The Morgan fingerprint density at radius 3 is 2.45 bits per heavy atom. The van der Waals surface area contributed by atoms with Gasteiger partial charge in [0.15, 0.2) is 0 Å². The number of hydrogen-bond donors (Lipinski definition) is 1. The fourth-order valence-electron chi connectivity index (χ4n) is 2.21. The maximum atomic E-state index is 12.3. The lowest BCUT2D eigenvalue weighted by Crippen LogP contribution is -2.26. The molecule has 0 spiro atoms. The first-order chi connectivity index (χ1) is 10.7. The van der Waals surface area contributed by atoms with Gasteiger partial charge in [-0.3, -0.25) is 4.79 Å². The van der Waals surface area contributed by atoms with Crippen LogP contribution in [0.25, 0.3) is 5.69 Å². The predicted octanol–water partition coefficient (Wildman–Crippen LogP) is 2.76. The summed E-state index contributed by atoms with van der Waals surface area (Å²) in [6, 6.07) is 17.1. The topological polar surface area (TPSA) is 59.8 Å². The summed E-state index contributed by atoms with van der Waals surface area (Å²) in [4.78, 5) is 16.2. The monoisotopic (exact) mass is 292 g/mol. The Bertz CT molecular complexity index is 736. The maximum absolute atomic E-state index is 12.3. The fraction of sp³-hybridized carbons (Fsp3) is 0.118. The van der Waals surface area contributed by atoms with Crippen molar-refractivity contribution in [1.29, 1.82) is 0 Å². The Balaban J connectivity index is 1.70. The van der Waals surface area contributed by atoms with E-state index in [1.807, 2.05) is 49.4 Å². The minimum absolute atomic E-state index is 0.0382. The number of nitrogens with zero attached hydrogens (tertiary/aromatic N) is 3. The Morgan fingerprint density at radius 2 is 1.82 bits per heavy atom. The van der Waals surface area contributed by atoms with E-state index in [9.17, 15) is 4.79 Å². The van der Waals surface area contributed by atoms with E-state index in [4.69, 9.17) is 0 Å². The van der Waals surface area contributed by atoms with E-state index in [1.165, 1.54) is 6.33 Å². The first-order valence-electron chi connectivity index (χ1n) is 7.05. The van der Waals surface area contributed by atoms with Gasteiger partial charge in [0.05, 0.1) is 11.7 Å². The predicted molar refractivity (Wildman–Crippen MR) is 83.7 cm³/mol. The highest BCUT2D eigenvalue weighted by atomic mass is 16.1. The largest absolute Gasteiger partial charge is 0.346 e. The molecule has 22 heavy (non-hydrogen) atoms. The van der Waals surface area contributed by atoms with Crippen LogP contribution in [0, 0.1) is 0 Å². The molecule has 1 aromatic heterocycles. The molecular formula is C17H16N4O. The van der Waals surface area contributed by atoms with E-state index in [0.717, 1.165) is 11.3 Å². The Morgan fingerprint density at radius 1 is 1.09 bits per heavy atom. The highest BCUT2D eigenvalue weighted by Crippen LogP contribution is 2.13. The Labute approximate surface area is 128 Å². The molecule has 5 nitrogen and oxygen atoms in total. The number of aromatic nitrogens is 3. The summed E-state index contributed by atoms with van der Waals surface area (Å²) in [6.45, 7) is 1.97. The average molecular weight is 292 g/mol. The molecule has 0 aliphatic rings. The lowest BCUT2D eigenvalue weighted by Gasteiger charge is -2.14. The minimum Gasteiger partial charge on any atom is -0.346 e. The van der Waals surface area contributed by atoms with Gasteiger partial charge in [-0.1, -0.05) is 30.3 Å². The summed E-state index contributed by atoms with van der Waals surface area (Å²) < 4.78 is 1.65. The first-order valence-corrected chi connectivity index (χ1v) is 7.05. The lowest BCUT2D eigenvalue weighted by atomic mass is 10.1. The molecule has 1 atom stereocenters. The zero-order chi connectivity index (χ0) is 15.4. The molecule has 0 fully saturated rings. The first kappa shape index (κ1) is 14.0. The molecule has 2 aromatic carbocycles. The summed E-state index contributed by atoms with van der Waals surface area (Å²) in [5.74, 6) is -0.0958. The van der Waals surface area contributed by atoms with Crippen molar-refractivity contribution in [2.24, 2.45) is 0 Å². The van der Waals surface area contributed by atoms with E-state index in [-0.39, 0.29) is 11.9 Å². The Kier molecular flexibility index (Phi) is 3.96. The molecule has 110 valence electrons. The van der Waals surface area contributed by atoms with Gasteiger partial charge in [-0.2, -0.15) is 5.10 Å². The molecule has 1 N–H and O–H groups in total. The summed E-state index contributed by atoms with van der Waals surface area (Å²) in [7, 11) is 0. The van der Waals surface area contributed by atoms with Gasteiger partial charge in [-0.25, -0.2) is 9.67 Å². The van der Waals surface area contributed by atoms with E-state index < -0.39 is 0 Å². The zero-order valence-corrected chi connectivity index (χ0v) is 12.2. The van der Waals surface area contributed by atoms with Gasteiger partial charge in [0.1, 0.15) is 12.7 Å². The van der Waals surface area contributed by atoms with Gasteiger partial charge in [0, 0.05) is 5.56 Å². The molecule has 1 heterocycles. The van der Waals surface area contributed by atoms with E-state index >= 15 is 0 Å². The van der Waals surface area contributed by atoms with E-state index in [2.05, 4.69) is 15.4 Å². The average Bonchev–Trinajstić information content (AvgIpc) is 3.10. The Hall–Kier alpha value is -2.95. The van der Waals surface area contributed by atoms with Crippen molar-refractivity contribution in [2.45, 2.75) is 13.0 Å². The summed E-state index contributed by atoms with van der Waals surface area (Å²) in [6.07, 6.45) is 3.09. The van der Waals surface area contributed by atoms with Gasteiger partial charge >= 0.3 is 0 Å². The SMILES string of the molecule is C[C@@H](NC(=O)c1ccc(-n2cncn2)cc1)c1ccccc1. The minimum atomic E-state index is -0.0958. The molecule has 0 unspecified atom stereocenters.